The Morgan fingerprint density at radius 2 is 1.59 bits per heavy atom. The number of nitrogens with zero attached hydrogens (tertiary/aromatic N) is 1. The number of hydrogen-bond acceptors (Lipinski definition) is 7. The van der Waals surface area contributed by atoms with Gasteiger partial charge in [-0.15, -0.1) is 0 Å². The van der Waals surface area contributed by atoms with Crippen LogP contribution >= 0.6 is 11.8 Å². The number of anilines is 1. The summed E-state index contributed by atoms with van der Waals surface area (Å²) < 4.78 is 5.67. The van der Waals surface area contributed by atoms with Crippen molar-refractivity contribution in [2.45, 2.75) is 13.8 Å². The molecule has 4 rings (SSSR count). The predicted octanol–water partition coefficient (Wildman–Crippen LogP) is 4.63. The number of hydrogen-bond donors (Lipinski definition) is 3. The third kappa shape index (κ3) is 5.46. The number of carboxylic acid groups (broad SMARTS) is 2. The topological polar surface area (TPSA) is 154 Å². The van der Waals surface area contributed by atoms with Crippen molar-refractivity contribution in [3.8, 4) is 11.3 Å². The minimum atomic E-state index is -1.30. The van der Waals surface area contributed by atoms with Gasteiger partial charge in [-0.1, -0.05) is 18.2 Å². The maximum Gasteiger partial charge on any atom is 0.335 e. The molecule has 0 unspecified atom stereocenters. The van der Waals surface area contributed by atoms with E-state index in [0.29, 0.717) is 17.4 Å². The summed E-state index contributed by atoms with van der Waals surface area (Å²) in [7, 11) is 0. The number of para-hydroxylation sites is 1. The summed E-state index contributed by atoms with van der Waals surface area (Å²) in [4.78, 5) is 61.4. The van der Waals surface area contributed by atoms with Gasteiger partial charge in [0.2, 0.25) is 5.91 Å². The number of carboxylic acids is 2. The zero-order valence-corrected chi connectivity index (χ0v) is 20.4. The molecule has 0 atom stereocenters. The molecule has 2 aromatic carbocycles. The van der Waals surface area contributed by atoms with E-state index in [2.05, 4.69) is 5.32 Å². The molecule has 1 fully saturated rings. The van der Waals surface area contributed by atoms with Crippen LogP contribution in [0.4, 0.5) is 10.5 Å². The van der Waals surface area contributed by atoms with Crippen LogP contribution in [0, 0.1) is 13.8 Å². The van der Waals surface area contributed by atoms with Gasteiger partial charge in [0.05, 0.1) is 16.0 Å². The SMILES string of the molecule is Cc1cccc(C)c1NC(=O)CN1C(=O)S/C(=C/c2ccc(-c3cc(C(=O)O)cc(C(=O)O)c3)o2)C1=O. The van der Waals surface area contributed by atoms with Crippen molar-refractivity contribution in [1.29, 1.82) is 0 Å². The van der Waals surface area contributed by atoms with Crippen LogP contribution in [0.2, 0.25) is 0 Å². The molecule has 2 heterocycles. The highest BCUT2D eigenvalue weighted by Crippen LogP contribution is 2.34. The molecule has 0 saturated carbocycles. The van der Waals surface area contributed by atoms with E-state index in [9.17, 15) is 34.2 Å². The van der Waals surface area contributed by atoms with E-state index in [4.69, 9.17) is 4.42 Å². The number of nitrogens with one attached hydrogen (secondary N) is 1. The number of furan rings is 1. The number of thioether (sulfide) groups is 1. The van der Waals surface area contributed by atoms with Crippen LogP contribution in [0.15, 0.2) is 57.9 Å². The van der Waals surface area contributed by atoms with Gasteiger partial charge in [-0.25, -0.2) is 9.59 Å². The van der Waals surface area contributed by atoms with Gasteiger partial charge in [-0.05, 0) is 67.1 Å². The van der Waals surface area contributed by atoms with E-state index >= 15 is 0 Å². The highest BCUT2D eigenvalue weighted by atomic mass is 32.2. The molecule has 1 aromatic heterocycles. The quantitative estimate of drug-likeness (QED) is 0.378. The Morgan fingerprint density at radius 1 is 0.973 bits per heavy atom. The number of imide groups is 1. The Bertz CT molecular complexity index is 1450. The predicted molar refractivity (Wildman–Crippen MR) is 135 cm³/mol. The third-order valence-corrected chi connectivity index (χ3v) is 6.44. The summed E-state index contributed by atoms with van der Waals surface area (Å²) >= 11 is 0.652. The van der Waals surface area contributed by atoms with E-state index in [0.717, 1.165) is 22.1 Å². The Balaban J connectivity index is 1.52. The van der Waals surface area contributed by atoms with E-state index in [1.54, 1.807) is 0 Å². The van der Waals surface area contributed by atoms with E-state index in [1.807, 2.05) is 32.0 Å². The summed E-state index contributed by atoms with van der Waals surface area (Å²) in [5, 5.41) is 20.7. The number of carbonyl (C=O) groups excluding carboxylic acids is 3. The van der Waals surface area contributed by atoms with Gasteiger partial charge in [-0.3, -0.25) is 19.3 Å². The lowest BCUT2D eigenvalue weighted by Gasteiger charge is -2.15. The van der Waals surface area contributed by atoms with Crippen molar-refractivity contribution < 1.29 is 38.6 Å². The molecule has 10 nitrogen and oxygen atoms in total. The van der Waals surface area contributed by atoms with Crippen LogP contribution in [0.1, 0.15) is 37.6 Å². The molecule has 3 aromatic rings. The van der Waals surface area contributed by atoms with Gasteiger partial charge in [0.25, 0.3) is 11.1 Å². The molecule has 3 amide bonds. The molecule has 0 radical (unpaired) electrons. The summed E-state index contributed by atoms with van der Waals surface area (Å²) in [5.74, 6) is -3.43. The molecule has 1 aliphatic heterocycles. The summed E-state index contributed by atoms with van der Waals surface area (Å²) in [5.41, 5.74) is 2.08. The van der Waals surface area contributed by atoms with Crippen molar-refractivity contribution in [1.82, 2.24) is 4.90 Å². The molecule has 3 N–H and O–H groups in total. The number of rotatable bonds is 7. The van der Waals surface area contributed by atoms with Crippen LogP contribution in [-0.4, -0.2) is 50.6 Å². The normalized spacial score (nSPS) is 14.3. The minimum Gasteiger partial charge on any atom is -0.478 e. The fourth-order valence-corrected chi connectivity index (χ4v) is 4.52. The number of benzene rings is 2. The first-order valence-electron chi connectivity index (χ1n) is 10.9. The number of carbonyl (C=O) groups is 5. The lowest BCUT2D eigenvalue weighted by atomic mass is 10.0. The van der Waals surface area contributed by atoms with Gasteiger partial charge < -0.3 is 19.9 Å². The summed E-state index contributed by atoms with van der Waals surface area (Å²) in [6.07, 6.45) is 1.33. The first-order valence-corrected chi connectivity index (χ1v) is 11.7. The van der Waals surface area contributed by atoms with Crippen LogP contribution < -0.4 is 5.32 Å². The molecule has 1 aliphatic rings. The molecule has 37 heavy (non-hydrogen) atoms. The van der Waals surface area contributed by atoms with Crippen molar-refractivity contribution in [2.24, 2.45) is 0 Å². The highest BCUT2D eigenvalue weighted by Gasteiger charge is 2.36. The Kier molecular flexibility index (Phi) is 6.98. The smallest absolute Gasteiger partial charge is 0.335 e. The zero-order chi connectivity index (χ0) is 26.9. The van der Waals surface area contributed by atoms with Crippen LogP contribution in [0.5, 0.6) is 0 Å². The largest absolute Gasteiger partial charge is 0.478 e. The lowest BCUT2D eigenvalue weighted by Crippen LogP contribution is -2.36. The third-order valence-electron chi connectivity index (χ3n) is 5.53. The van der Waals surface area contributed by atoms with Crippen molar-refractivity contribution in [3.05, 3.63) is 81.5 Å². The van der Waals surface area contributed by atoms with Crippen molar-refractivity contribution in [3.63, 3.8) is 0 Å². The van der Waals surface area contributed by atoms with Gasteiger partial charge >= 0.3 is 11.9 Å². The molecule has 188 valence electrons. The summed E-state index contributed by atoms with van der Waals surface area (Å²) in [6.45, 7) is 3.21. The van der Waals surface area contributed by atoms with E-state index in [1.165, 1.54) is 30.3 Å². The Hall–Kier alpha value is -4.64. The number of amides is 3. The first-order chi connectivity index (χ1) is 17.5. The highest BCUT2D eigenvalue weighted by molar-refractivity contribution is 8.18. The second-order valence-corrected chi connectivity index (χ2v) is 9.19. The zero-order valence-electron chi connectivity index (χ0n) is 19.6. The Morgan fingerprint density at radius 3 is 2.19 bits per heavy atom. The molecule has 0 bridgehead atoms. The van der Waals surface area contributed by atoms with Gasteiger partial charge in [0.15, 0.2) is 0 Å². The van der Waals surface area contributed by atoms with Crippen LogP contribution in [0.3, 0.4) is 0 Å². The van der Waals surface area contributed by atoms with Gasteiger partial charge in [-0.2, -0.15) is 0 Å². The second kappa shape index (κ2) is 10.2. The average Bonchev–Trinajstić information content (AvgIpc) is 3.41. The molecule has 1 saturated heterocycles. The fourth-order valence-electron chi connectivity index (χ4n) is 3.70. The maximum atomic E-state index is 12.8. The van der Waals surface area contributed by atoms with Crippen molar-refractivity contribution >= 4 is 52.5 Å². The maximum absolute atomic E-state index is 12.8. The number of aryl methyl sites for hydroxylation is 2. The summed E-state index contributed by atoms with van der Waals surface area (Å²) in [6, 6.07) is 12.1. The molecule has 11 heteroatoms. The minimum absolute atomic E-state index is 0.0382. The van der Waals surface area contributed by atoms with Crippen LogP contribution in [0.25, 0.3) is 17.4 Å². The number of aromatic carboxylic acids is 2. The first kappa shape index (κ1) is 25.5. The monoisotopic (exact) mass is 520 g/mol. The molecular weight excluding hydrogens is 500 g/mol. The average molecular weight is 521 g/mol. The standard InChI is InChI=1S/C26H20N2O8S/c1-13-4-3-5-14(2)22(13)27-21(29)12-28-23(30)20(37-26(28)35)11-18-6-7-19(36-18)15-8-16(24(31)32)10-17(9-15)25(33)34/h3-11H,12H2,1-2H3,(H,27,29)(H,31,32)(H,33,34)/b20-11+. The van der Waals surface area contributed by atoms with Crippen LogP contribution in [-0.2, 0) is 9.59 Å². The van der Waals surface area contributed by atoms with Gasteiger partial charge in [0.1, 0.15) is 18.1 Å². The van der Waals surface area contributed by atoms with E-state index < -0.39 is 35.5 Å². The van der Waals surface area contributed by atoms with Crippen molar-refractivity contribution in [2.75, 3.05) is 11.9 Å². The Labute approximate surface area is 214 Å². The lowest BCUT2D eigenvalue weighted by molar-refractivity contribution is -0.127. The second-order valence-electron chi connectivity index (χ2n) is 8.19. The van der Waals surface area contributed by atoms with Gasteiger partial charge in [0, 0.05) is 17.3 Å². The molecule has 0 aliphatic carbocycles. The fraction of sp³-hybridized carbons (Fsp3) is 0.115. The molecular formula is C26H20N2O8S. The van der Waals surface area contributed by atoms with E-state index in [-0.39, 0.29) is 33.1 Å². The molecule has 0 spiro atoms.